The molecular formula is C17H19ClFN3O2. The number of halogens is 2. The van der Waals surface area contributed by atoms with Crippen LogP contribution in [0.5, 0.6) is 0 Å². The van der Waals surface area contributed by atoms with Gasteiger partial charge in [0.05, 0.1) is 11.4 Å². The van der Waals surface area contributed by atoms with Crippen LogP contribution < -0.4 is 28.4 Å². The van der Waals surface area contributed by atoms with Crippen LogP contribution in [-0.2, 0) is 16.1 Å². The highest BCUT2D eigenvalue weighted by Gasteiger charge is 2.09. The molecule has 0 atom stereocenters. The smallest absolute Gasteiger partial charge is 0.221 e. The van der Waals surface area contributed by atoms with Crippen molar-refractivity contribution in [3.8, 4) is 0 Å². The van der Waals surface area contributed by atoms with Crippen molar-refractivity contribution < 1.29 is 31.7 Å². The third-order valence-electron chi connectivity index (χ3n) is 3.15. The Morgan fingerprint density at radius 2 is 1.54 bits per heavy atom. The quantitative estimate of drug-likeness (QED) is 0.613. The molecular weight excluding hydrogens is 333 g/mol. The molecule has 7 heteroatoms. The predicted octanol–water partition coefficient (Wildman–Crippen LogP) is -0.858. The first-order chi connectivity index (χ1) is 10.9. The molecule has 0 bridgehead atoms. The number of hydrogen-bond acceptors (Lipinski definition) is 2. The highest BCUT2D eigenvalue weighted by Crippen LogP contribution is 2.24. The van der Waals surface area contributed by atoms with Crippen molar-refractivity contribution in [2.75, 3.05) is 10.6 Å². The largest absolute Gasteiger partial charge is 1.00 e. The van der Waals surface area contributed by atoms with Gasteiger partial charge >= 0.3 is 0 Å². The number of carbonyl (C=O) groups is 2. The summed E-state index contributed by atoms with van der Waals surface area (Å²) in [6.45, 7) is 3.46. The summed E-state index contributed by atoms with van der Waals surface area (Å²) in [4.78, 5) is 22.5. The molecule has 0 saturated heterocycles. The summed E-state index contributed by atoms with van der Waals surface area (Å²) in [6, 6.07) is 11.7. The maximum atomic E-state index is 12.9. The first-order valence-corrected chi connectivity index (χ1v) is 7.21. The van der Waals surface area contributed by atoms with Gasteiger partial charge in [-0.25, -0.2) is 4.39 Å². The first kappa shape index (κ1) is 19.6. The Bertz CT molecular complexity index is 720. The summed E-state index contributed by atoms with van der Waals surface area (Å²) in [5.74, 6) is -0.687. The second kappa shape index (κ2) is 9.00. The lowest BCUT2D eigenvalue weighted by molar-refractivity contribution is -0.588. The third kappa shape index (κ3) is 5.98. The van der Waals surface area contributed by atoms with E-state index in [4.69, 9.17) is 0 Å². The fraction of sp³-hybridized carbons (Fsp3) is 0.176. The zero-order chi connectivity index (χ0) is 16.8. The van der Waals surface area contributed by atoms with E-state index in [9.17, 15) is 14.0 Å². The molecule has 0 unspecified atom stereocenters. The number of anilines is 2. The van der Waals surface area contributed by atoms with Gasteiger partial charge in [0.1, 0.15) is 18.0 Å². The second-order valence-electron chi connectivity index (χ2n) is 5.20. The lowest BCUT2D eigenvalue weighted by Gasteiger charge is -2.11. The molecule has 2 rings (SSSR count). The zero-order valence-corrected chi connectivity index (χ0v) is 14.2. The van der Waals surface area contributed by atoms with Gasteiger partial charge < -0.3 is 28.4 Å². The molecule has 5 nitrogen and oxygen atoms in total. The lowest BCUT2D eigenvalue weighted by Crippen LogP contribution is -3.00. The van der Waals surface area contributed by atoms with E-state index < -0.39 is 0 Å². The molecule has 0 fully saturated rings. The molecule has 0 radical (unpaired) electrons. The number of rotatable bonds is 5. The minimum Gasteiger partial charge on any atom is -1.00 e. The van der Waals surface area contributed by atoms with Crippen molar-refractivity contribution in [2.24, 2.45) is 0 Å². The number of benzene rings is 2. The van der Waals surface area contributed by atoms with E-state index in [-0.39, 0.29) is 30.0 Å². The summed E-state index contributed by atoms with van der Waals surface area (Å²) in [5, 5.41) is 7.35. The van der Waals surface area contributed by atoms with Crippen molar-refractivity contribution in [1.82, 2.24) is 0 Å². The van der Waals surface area contributed by atoms with E-state index in [0.717, 1.165) is 11.3 Å². The van der Waals surface area contributed by atoms with Gasteiger partial charge in [-0.1, -0.05) is 12.1 Å². The van der Waals surface area contributed by atoms with E-state index in [1.165, 1.54) is 26.0 Å². The van der Waals surface area contributed by atoms with Gasteiger partial charge in [-0.15, -0.1) is 0 Å². The van der Waals surface area contributed by atoms with Gasteiger partial charge in [-0.2, -0.15) is 0 Å². The fourth-order valence-electron chi connectivity index (χ4n) is 2.14. The van der Waals surface area contributed by atoms with Crippen molar-refractivity contribution >= 4 is 28.9 Å². The summed E-state index contributed by atoms with van der Waals surface area (Å²) in [7, 11) is 0. The maximum absolute atomic E-state index is 12.9. The maximum Gasteiger partial charge on any atom is 0.221 e. The van der Waals surface area contributed by atoms with Gasteiger partial charge in [-0.3, -0.25) is 9.59 Å². The summed E-state index contributed by atoms with van der Waals surface area (Å²) >= 11 is 0. The molecule has 4 N–H and O–H groups in total. The van der Waals surface area contributed by atoms with Crippen LogP contribution in [0.2, 0.25) is 0 Å². The van der Waals surface area contributed by atoms with E-state index in [1.807, 2.05) is 11.4 Å². The number of nitrogens with two attached hydrogens (primary N) is 1. The average Bonchev–Trinajstić information content (AvgIpc) is 2.48. The SMILES string of the molecule is CC(=O)Nc1ccc([NH2+]Cc2ccc(F)cc2)cc1NC(C)=O.[Cl-]. The number of quaternary nitrogens is 1. The average molecular weight is 352 g/mol. The number of carbonyl (C=O) groups excluding carboxylic acids is 2. The predicted molar refractivity (Wildman–Crippen MR) is 86.7 cm³/mol. The number of hydrogen-bond donors (Lipinski definition) is 3. The van der Waals surface area contributed by atoms with Crippen molar-refractivity contribution in [3.05, 3.63) is 53.8 Å². The first-order valence-electron chi connectivity index (χ1n) is 7.21. The Morgan fingerprint density at radius 1 is 0.958 bits per heavy atom. The monoisotopic (exact) mass is 351 g/mol. The lowest BCUT2D eigenvalue weighted by atomic mass is 10.2. The van der Waals surface area contributed by atoms with Crippen LogP contribution in [0.3, 0.4) is 0 Å². The normalized spacial score (nSPS) is 9.79. The molecule has 0 spiro atoms. The van der Waals surface area contributed by atoms with Gasteiger partial charge in [-0.05, 0) is 18.2 Å². The summed E-state index contributed by atoms with van der Waals surface area (Å²) in [6.07, 6.45) is 0. The van der Waals surface area contributed by atoms with Crippen LogP contribution in [0.1, 0.15) is 19.4 Å². The molecule has 128 valence electrons. The van der Waals surface area contributed by atoms with E-state index in [1.54, 1.807) is 24.3 Å². The van der Waals surface area contributed by atoms with E-state index >= 15 is 0 Å². The molecule has 0 aromatic heterocycles. The van der Waals surface area contributed by atoms with Crippen LogP contribution in [0.15, 0.2) is 42.5 Å². The molecule has 2 amide bonds. The van der Waals surface area contributed by atoms with E-state index in [0.29, 0.717) is 17.9 Å². The Kier molecular flexibility index (Phi) is 7.35. The summed E-state index contributed by atoms with van der Waals surface area (Å²) < 4.78 is 12.9. The van der Waals surface area contributed by atoms with Crippen molar-refractivity contribution in [1.29, 1.82) is 0 Å². The van der Waals surface area contributed by atoms with Crippen LogP contribution in [0.25, 0.3) is 0 Å². The molecule has 2 aromatic rings. The van der Waals surface area contributed by atoms with Crippen molar-refractivity contribution in [3.63, 3.8) is 0 Å². The Morgan fingerprint density at radius 3 is 2.12 bits per heavy atom. The molecule has 0 aliphatic carbocycles. The Labute approximate surface area is 146 Å². The number of nitrogens with one attached hydrogen (secondary N) is 2. The zero-order valence-electron chi connectivity index (χ0n) is 13.4. The van der Waals surface area contributed by atoms with Crippen molar-refractivity contribution in [2.45, 2.75) is 20.4 Å². The van der Waals surface area contributed by atoms with Crippen LogP contribution in [0, 0.1) is 5.82 Å². The fourth-order valence-corrected chi connectivity index (χ4v) is 2.14. The highest BCUT2D eigenvalue weighted by atomic mass is 35.5. The minimum absolute atomic E-state index is 0. The summed E-state index contributed by atoms with van der Waals surface area (Å²) in [5.41, 5.74) is 2.97. The standard InChI is InChI=1S/C17H18FN3O2.ClH/c1-11(22)20-16-8-7-15(9-17(16)21-12(2)23)19-10-13-3-5-14(18)6-4-13;/h3-9,19H,10H2,1-2H3,(H,20,22)(H,21,23);1H. The molecule has 2 aromatic carbocycles. The molecule has 0 saturated carbocycles. The Balaban J connectivity index is 0.00000288. The van der Waals surface area contributed by atoms with Gasteiger partial charge in [0.15, 0.2) is 0 Å². The number of amides is 2. The van der Waals surface area contributed by atoms with Gasteiger partial charge in [0.2, 0.25) is 11.8 Å². The second-order valence-corrected chi connectivity index (χ2v) is 5.20. The van der Waals surface area contributed by atoms with Crippen LogP contribution >= 0.6 is 0 Å². The molecule has 24 heavy (non-hydrogen) atoms. The van der Waals surface area contributed by atoms with E-state index in [2.05, 4.69) is 10.6 Å². The third-order valence-corrected chi connectivity index (χ3v) is 3.15. The molecule has 0 aliphatic heterocycles. The van der Waals surface area contributed by atoms with Gasteiger partial charge in [0.25, 0.3) is 0 Å². The molecule has 0 aliphatic rings. The molecule has 0 heterocycles. The van der Waals surface area contributed by atoms with Gasteiger partial charge in [0, 0.05) is 31.5 Å². The van der Waals surface area contributed by atoms with Crippen LogP contribution in [0.4, 0.5) is 21.5 Å². The Hall–Kier alpha value is -2.44. The topological polar surface area (TPSA) is 74.8 Å². The van der Waals surface area contributed by atoms with Crippen LogP contribution in [-0.4, -0.2) is 11.8 Å². The minimum atomic E-state index is -0.263. The highest BCUT2D eigenvalue weighted by molar-refractivity contribution is 5.98.